The van der Waals surface area contributed by atoms with E-state index < -0.39 is 5.97 Å². The number of nitrogen functional groups attached to an aromatic ring is 1. The van der Waals surface area contributed by atoms with Crippen LogP contribution in [0.5, 0.6) is 0 Å². The fraction of sp³-hybridized carbons (Fsp3) is 0.154. The van der Waals surface area contributed by atoms with Gasteiger partial charge in [-0.05, 0) is 34.5 Å². The molecule has 100 valence electrons. The molecule has 0 radical (unpaired) electrons. The van der Waals surface area contributed by atoms with E-state index in [9.17, 15) is 9.18 Å². The van der Waals surface area contributed by atoms with Gasteiger partial charge in [0.25, 0.3) is 0 Å². The minimum absolute atomic E-state index is 0.300. The highest BCUT2D eigenvalue weighted by Crippen LogP contribution is 2.40. The van der Waals surface area contributed by atoms with E-state index in [0.29, 0.717) is 31.0 Å². The summed E-state index contributed by atoms with van der Waals surface area (Å²) in [6.45, 7) is 1.76. The largest absolute Gasteiger partial charge is 0.465 e. The Morgan fingerprint density at radius 3 is 2.79 bits per heavy atom. The van der Waals surface area contributed by atoms with Crippen molar-refractivity contribution in [2.45, 2.75) is 6.92 Å². The highest BCUT2D eigenvalue weighted by molar-refractivity contribution is 9.10. The Morgan fingerprint density at radius 1 is 1.47 bits per heavy atom. The van der Waals surface area contributed by atoms with Crippen molar-refractivity contribution in [3.8, 4) is 10.4 Å². The molecule has 0 amide bonds. The number of esters is 1. The summed E-state index contributed by atoms with van der Waals surface area (Å²) in [6.07, 6.45) is 0. The van der Waals surface area contributed by atoms with Crippen molar-refractivity contribution in [1.29, 1.82) is 0 Å². The summed E-state index contributed by atoms with van der Waals surface area (Å²) in [7, 11) is 1.29. The van der Waals surface area contributed by atoms with Gasteiger partial charge in [0.15, 0.2) is 0 Å². The molecule has 0 atom stereocenters. The number of carbonyl (C=O) groups excluding carboxylic acids is 1. The van der Waals surface area contributed by atoms with Crippen molar-refractivity contribution in [1.82, 2.24) is 0 Å². The maximum absolute atomic E-state index is 14.1. The average Bonchev–Trinajstić information content (AvgIpc) is 2.69. The first kappa shape index (κ1) is 14.0. The summed E-state index contributed by atoms with van der Waals surface area (Å²) in [4.78, 5) is 12.5. The van der Waals surface area contributed by atoms with Gasteiger partial charge in [0.05, 0.1) is 17.3 Å². The van der Waals surface area contributed by atoms with Crippen LogP contribution in [0, 0.1) is 12.7 Å². The molecule has 2 rings (SSSR count). The summed E-state index contributed by atoms with van der Waals surface area (Å²) >= 11 is 4.28. The summed E-state index contributed by atoms with van der Waals surface area (Å²) in [5.41, 5.74) is 7.32. The van der Waals surface area contributed by atoms with Crippen LogP contribution in [0.3, 0.4) is 0 Å². The van der Waals surface area contributed by atoms with E-state index in [4.69, 9.17) is 5.73 Å². The van der Waals surface area contributed by atoms with Gasteiger partial charge in [0.1, 0.15) is 10.7 Å². The normalized spacial score (nSPS) is 10.5. The Kier molecular flexibility index (Phi) is 3.91. The molecule has 0 aliphatic carbocycles. The van der Waals surface area contributed by atoms with Crippen LogP contribution in [0.15, 0.2) is 22.7 Å². The topological polar surface area (TPSA) is 52.3 Å². The smallest absolute Gasteiger partial charge is 0.350 e. The molecule has 0 aliphatic rings. The number of carbonyl (C=O) groups is 1. The maximum Gasteiger partial charge on any atom is 0.350 e. The zero-order valence-corrected chi connectivity index (χ0v) is 12.7. The van der Waals surface area contributed by atoms with Crippen LogP contribution >= 0.6 is 27.3 Å². The van der Waals surface area contributed by atoms with Gasteiger partial charge >= 0.3 is 5.97 Å². The molecular weight excluding hydrogens is 333 g/mol. The van der Waals surface area contributed by atoms with E-state index in [1.54, 1.807) is 25.1 Å². The van der Waals surface area contributed by atoms with Gasteiger partial charge in [-0.2, -0.15) is 0 Å². The van der Waals surface area contributed by atoms with Crippen LogP contribution in [0.25, 0.3) is 10.4 Å². The number of ether oxygens (including phenoxy) is 1. The summed E-state index contributed by atoms with van der Waals surface area (Å²) < 4.78 is 19.1. The zero-order chi connectivity index (χ0) is 14.2. The van der Waals surface area contributed by atoms with Gasteiger partial charge in [0, 0.05) is 10.4 Å². The van der Waals surface area contributed by atoms with Gasteiger partial charge in [-0.1, -0.05) is 12.1 Å². The van der Waals surface area contributed by atoms with E-state index in [2.05, 4.69) is 20.7 Å². The average molecular weight is 344 g/mol. The van der Waals surface area contributed by atoms with Crippen molar-refractivity contribution in [3.63, 3.8) is 0 Å². The molecule has 1 aromatic carbocycles. The predicted octanol–water partition coefficient (Wildman–Crippen LogP) is 3.99. The number of benzene rings is 1. The fourth-order valence-electron chi connectivity index (χ4n) is 1.71. The molecule has 0 spiro atoms. The van der Waals surface area contributed by atoms with E-state index in [-0.39, 0.29) is 5.82 Å². The highest BCUT2D eigenvalue weighted by Gasteiger charge is 2.21. The Hall–Kier alpha value is -1.40. The molecule has 0 fully saturated rings. The van der Waals surface area contributed by atoms with Crippen molar-refractivity contribution in [2.75, 3.05) is 12.8 Å². The first-order valence-electron chi connectivity index (χ1n) is 5.39. The molecule has 0 aliphatic heterocycles. The van der Waals surface area contributed by atoms with Gasteiger partial charge in [-0.3, -0.25) is 0 Å². The number of rotatable bonds is 2. The number of nitrogens with two attached hydrogens (primary N) is 1. The Morgan fingerprint density at radius 2 is 2.16 bits per heavy atom. The van der Waals surface area contributed by atoms with Crippen LogP contribution < -0.4 is 5.73 Å². The zero-order valence-electron chi connectivity index (χ0n) is 10.3. The van der Waals surface area contributed by atoms with Crippen molar-refractivity contribution in [2.24, 2.45) is 0 Å². The van der Waals surface area contributed by atoms with Crippen LogP contribution in [-0.4, -0.2) is 13.1 Å². The highest BCUT2D eigenvalue weighted by atomic mass is 79.9. The molecule has 2 N–H and O–H groups in total. The molecule has 1 heterocycles. The monoisotopic (exact) mass is 343 g/mol. The Balaban J connectivity index is 2.64. The number of methoxy groups -OCH3 is 1. The second-order valence-corrected chi connectivity index (χ2v) is 5.77. The first-order valence-corrected chi connectivity index (χ1v) is 6.99. The molecule has 0 saturated heterocycles. The third kappa shape index (κ3) is 2.37. The number of hydrogen-bond acceptors (Lipinski definition) is 4. The molecule has 0 saturated carbocycles. The van der Waals surface area contributed by atoms with E-state index in [1.807, 2.05) is 0 Å². The second kappa shape index (κ2) is 5.30. The quantitative estimate of drug-likeness (QED) is 0.838. The van der Waals surface area contributed by atoms with Gasteiger partial charge in [-0.15, -0.1) is 11.3 Å². The van der Waals surface area contributed by atoms with Crippen LogP contribution in [0.4, 0.5) is 10.1 Å². The lowest BCUT2D eigenvalue weighted by atomic mass is 10.1. The number of hydrogen-bond donors (Lipinski definition) is 1. The lowest BCUT2D eigenvalue weighted by molar-refractivity contribution is 0.0607. The molecule has 0 bridgehead atoms. The Labute approximate surface area is 122 Å². The number of thiophene rings is 1. The lowest BCUT2D eigenvalue weighted by Crippen LogP contribution is -2.01. The number of halogens is 2. The molecule has 3 nitrogen and oxygen atoms in total. The minimum atomic E-state index is -0.507. The predicted molar refractivity (Wildman–Crippen MR) is 77.9 cm³/mol. The minimum Gasteiger partial charge on any atom is -0.465 e. The van der Waals surface area contributed by atoms with Crippen LogP contribution in [0.1, 0.15) is 15.2 Å². The number of anilines is 1. The molecule has 6 heteroatoms. The van der Waals surface area contributed by atoms with E-state index >= 15 is 0 Å². The van der Waals surface area contributed by atoms with Crippen LogP contribution in [-0.2, 0) is 4.74 Å². The second-order valence-electron chi connectivity index (χ2n) is 3.89. The summed E-state index contributed by atoms with van der Waals surface area (Å²) in [6, 6.07) is 5.00. The van der Waals surface area contributed by atoms with Crippen LogP contribution in [0.2, 0.25) is 0 Å². The molecule has 19 heavy (non-hydrogen) atoms. The fourth-order valence-corrected chi connectivity index (χ4v) is 3.24. The van der Waals surface area contributed by atoms with Gasteiger partial charge < -0.3 is 10.5 Å². The molecule has 1 aromatic heterocycles. The Bertz CT molecular complexity index is 654. The standard InChI is InChI=1S/C13H11BrFNO2S/c1-6-10(16)12(13(17)18-2)19-11(6)7-4-3-5-8(14)9(7)15/h3-5H,16H2,1-2H3. The van der Waals surface area contributed by atoms with E-state index in [0.717, 1.165) is 11.3 Å². The van der Waals surface area contributed by atoms with Gasteiger partial charge in [-0.25, -0.2) is 9.18 Å². The lowest BCUT2D eigenvalue weighted by Gasteiger charge is -2.03. The maximum atomic E-state index is 14.1. The van der Waals surface area contributed by atoms with Crippen molar-refractivity contribution in [3.05, 3.63) is 38.9 Å². The van der Waals surface area contributed by atoms with E-state index in [1.165, 1.54) is 7.11 Å². The van der Waals surface area contributed by atoms with Gasteiger partial charge in [0.2, 0.25) is 0 Å². The third-order valence-electron chi connectivity index (χ3n) is 2.76. The molecule has 0 unspecified atom stereocenters. The molecule has 2 aromatic rings. The summed E-state index contributed by atoms with van der Waals surface area (Å²) in [5, 5.41) is 0. The third-order valence-corrected chi connectivity index (χ3v) is 4.69. The SMILES string of the molecule is COC(=O)c1sc(-c2cccc(Br)c2F)c(C)c1N. The van der Waals surface area contributed by atoms with Crippen molar-refractivity contribution < 1.29 is 13.9 Å². The summed E-state index contributed by atoms with van der Waals surface area (Å²) in [5.74, 6) is -0.879. The van der Waals surface area contributed by atoms with Crippen molar-refractivity contribution >= 4 is 38.9 Å². The molecular formula is C13H11BrFNO2S. The first-order chi connectivity index (χ1) is 8.97.